The van der Waals surface area contributed by atoms with E-state index in [1.807, 2.05) is 54.9 Å². The summed E-state index contributed by atoms with van der Waals surface area (Å²) in [6, 6.07) is 7.87. The second-order valence-electron chi connectivity index (χ2n) is 6.95. The number of carbonyl (C=O) groups excluding carboxylic acids is 1. The summed E-state index contributed by atoms with van der Waals surface area (Å²) in [6.07, 6.45) is 5.97. The van der Waals surface area contributed by atoms with Gasteiger partial charge in [0.2, 0.25) is 0 Å². The number of β-amino-alcohol motifs (C(OH)–C–C–N with tert-alkyl or cyclic N) is 1. The third-order valence-corrected chi connectivity index (χ3v) is 4.80. The maximum Gasteiger partial charge on any atom is 0.255 e. The summed E-state index contributed by atoms with van der Waals surface area (Å²) in [5.41, 5.74) is 0.988. The summed E-state index contributed by atoms with van der Waals surface area (Å²) >= 11 is 0. The molecule has 7 nitrogen and oxygen atoms in total. The first kappa shape index (κ1) is 15.8. The van der Waals surface area contributed by atoms with Crippen molar-refractivity contribution in [1.82, 2.24) is 24.3 Å². The lowest BCUT2D eigenvalue weighted by atomic mass is 10.00. The van der Waals surface area contributed by atoms with Crippen LogP contribution in [0.2, 0.25) is 0 Å². The molecule has 0 saturated carbocycles. The monoisotopic (exact) mass is 339 g/mol. The van der Waals surface area contributed by atoms with Crippen molar-refractivity contribution in [1.29, 1.82) is 0 Å². The molecule has 0 radical (unpaired) electrons. The zero-order valence-electron chi connectivity index (χ0n) is 14.3. The Kier molecular flexibility index (Phi) is 3.61. The summed E-state index contributed by atoms with van der Waals surface area (Å²) < 4.78 is 3.64. The van der Waals surface area contributed by atoms with Crippen molar-refractivity contribution < 1.29 is 9.90 Å². The Labute approximate surface area is 145 Å². The molecule has 4 rings (SSSR count). The van der Waals surface area contributed by atoms with Crippen LogP contribution in [0.25, 0.3) is 5.52 Å². The second kappa shape index (κ2) is 5.70. The van der Waals surface area contributed by atoms with Crippen LogP contribution in [0.1, 0.15) is 42.4 Å². The van der Waals surface area contributed by atoms with Gasteiger partial charge >= 0.3 is 0 Å². The van der Waals surface area contributed by atoms with Crippen LogP contribution in [0.15, 0.2) is 42.9 Å². The Morgan fingerprint density at radius 3 is 2.88 bits per heavy atom. The fourth-order valence-corrected chi connectivity index (χ4v) is 3.27. The van der Waals surface area contributed by atoms with Crippen LogP contribution < -0.4 is 0 Å². The maximum atomic E-state index is 12.8. The predicted molar refractivity (Wildman–Crippen MR) is 92.2 cm³/mol. The lowest BCUT2D eigenvalue weighted by molar-refractivity contribution is 0.0381. The van der Waals surface area contributed by atoms with E-state index in [0.717, 1.165) is 5.52 Å². The van der Waals surface area contributed by atoms with Gasteiger partial charge in [0.25, 0.3) is 5.91 Å². The quantitative estimate of drug-likeness (QED) is 0.790. The van der Waals surface area contributed by atoms with Crippen molar-refractivity contribution in [3.8, 4) is 0 Å². The minimum absolute atomic E-state index is 0.0733. The first-order valence-corrected chi connectivity index (χ1v) is 8.47. The molecule has 1 unspecified atom stereocenters. The predicted octanol–water partition coefficient (Wildman–Crippen LogP) is 1.85. The number of aromatic nitrogens is 4. The smallest absolute Gasteiger partial charge is 0.255 e. The Morgan fingerprint density at radius 1 is 1.32 bits per heavy atom. The van der Waals surface area contributed by atoms with Crippen molar-refractivity contribution in [2.75, 3.05) is 13.1 Å². The van der Waals surface area contributed by atoms with E-state index in [-0.39, 0.29) is 18.5 Å². The minimum Gasteiger partial charge on any atom is -0.381 e. The van der Waals surface area contributed by atoms with Crippen LogP contribution in [0.3, 0.4) is 0 Å². The molecule has 0 aliphatic carbocycles. The van der Waals surface area contributed by atoms with Crippen molar-refractivity contribution in [3.05, 3.63) is 54.1 Å². The number of rotatable bonds is 3. The highest BCUT2D eigenvalue weighted by Crippen LogP contribution is 2.31. The molecule has 25 heavy (non-hydrogen) atoms. The van der Waals surface area contributed by atoms with E-state index in [1.165, 1.54) is 0 Å². The Balaban J connectivity index is 1.55. The molecule has 130 valence electrons. The first-order chi connectivity index (χ1) is 12.0. The van der Waals surface area contributed by atoms with Crippen LogP contribution in [-0.4, -0.2) is 48.4 Å². The molecule has 1 N–H and O–H groups in total. The van der Waals surface area contributed by atoms with Crippen molar-refractivity contribution in [2.24, 2.45) is 0 Å². The minimum atomic E-state index is -1.14. The van der Waals surface area contributed by atoms with E-state index >= 15 is 0 Å². The maximum absolute atomic E-state index is 12.8. The number of amides is 1. The van der Waals surface area contributed by atoms with E-state index in [2.05, 4.69) is 10.3 Å². The van der Waals surface area contributed by atoms with Gasteiger partial charge in [0.05, 0.1) is 18.3 Å². The molecule has 1 saturated heterocycles. The molecule has 1 amide bonds. The Bertz CT molecular complexity index is 895. The molecule has 1 atom stereocenters. The van der Waals surface area contributed by atoms with Crippen LogP contribution in [0.4, 0.5) is 0 Å². The van der Waals surface area contributed by atoms with Crippen molar-refractivity contribution in [2.45, 2.75) is 31.9 Å². The van der Waals surface area contributed by atoms with E-state index in [0.29, 0.717) is 24.2 Å². The fraction of sp³-hybridized carbons (Fsp3) is 0.389. The van der Waals surface area contributed by atoms with Gasteiger partial charge in [-0.15, -0.1) is 5.10 Å². The van der Waals surface area contributed by atoms with E-state index < -0.39 is 5.60 Å². The third kappa shape index (κ3) is 2.70. The van der Waals surface area contributed by atoms with E-state index in [1.54, 1.807) is 15.8 Å². The van der Waals surface area contributed by atoms with Crippen molar-refractivity contribution in [3.63, 3.8) is 0 Å². The van der Waals surface area contributed by atoms with Crippen LogP contribution >= 0.6 is 0 Å². The van der Waals surface area contributed by atoms with Gasteiger partial charge in [-0.2, -0.15) is 0 Å². The largest absolute Gasteiger partial charge is 0.381 e. The van der Waals surface area contributed by atoms with Gasteiger partial charge in [-0.3, -0.25) is 4.79 Å². The van der Waals surface area contributed by atoms with Crippen LogP contribution in [-0.2, 0) is 5.60 Å². The molecule has 0 bridgehead atoms. The molecule has 7 heteroatoms. The molecule has 1 aliphatic rings. The van der Waals surface area contributed by atoms with Gasteiger partial charge in [-0.05, 0) is 32.0 Å². The molecule has 0 aromatic carbocycles. The highest BCUT2D eigenvalue weighted by molar-refractivity contribution is 5.95. The second-order valence-corrected chi connectivity index (χ2v) is 6.95. The lowest BCUT2D eigenvalue weighted by Crippen LogP contribution is -2.34. The Hall–Kier alpha value is -2.67. The number of pyridine rings is 1. The molecule has 0 spiro atoms. The summed E-state index contributed by atoms with van der Waals surface area (Å²) in [4.78, 5) is 14.5. The SMILES string of the molecule is CC(C)n1cc(C2(O)CCN(C(=O)c3cc4ccccn4c3)C2)nn1. The highest BCUT2D eigenvalue weighted by atomic mass is 16.3. The standard InChI is InChI=1S/C18H21N5O2/c1-13(2)23-11-16(19-20-23)18(25)6-8-22(12-18)17(24)14-9-15-5-3-4-7-21(15)10-14/h3-5,7,9-11,13,25H,6,8,12H2,1-2H3. The van der Waals surface area contributed by atoms with Gasteiger partial charge in [0, 0.05) is 36.9 Å². The topological polar surface area (TPSA) is 75.7 Å². The number of hydrogen-bond donors (Lipinski definition) is 1. The molecular formula is C18H21N5O2. The van der Waals surface area contributed by atoms with E-state index in [9.17, 15) is 9.90 Å². The summed E-state index contributed by atoms with van der Waals surface area (Å²) in [5.74, 6) is -0.0733. The fourth-order valence-electron chi connectivity index (χ4n) is 3.27. The van der Waals surface area contributed by atoms with Crippen molar-refractivity contribution >= 4 is 11.4 Å². The van der Waals surface area contributed by atoms with Gasteiger partial charge in [0.15, 0.2) is 0 Å². The van der Waals surface area contributed by atoms with Crippen LogP contribution in [0, 0.1) is 0 Å². The molecule has 1 fully saturated rings. The van der Waals surface area contributed by atoms with Gasteiger partial charge in [0.1, 0.15) is 11.3 Å². The number of likely N-dealkylation sites (tertiary alicyclic amines) is 1. The lowest BCUT2D eigenvalue weighted by Gasteiger charge is -2.20. The number of carbonyl (C=O) groups is 1. The van der Waals surface area contributed by atoms with Gasteiger partial charge in [-0.1, -0.05) is 11.3 Å². The van der Waals surface area contributed by atoms with Crippen LogP contribution in [0.5, 0.6) is 0 Å². The average molecular weight is 339 g/mol. The Morgan fingerprint density at radius 2 is 2.16 bits per heavy atom. The normalized spacial score (nSPS) is 20.7. The number of hydrogen-bond acceptors (Lipinski definition) is 4. The number of fused-ring (bicyclic) bond motifs is 1. The highest BCUT2D eigenvalue weighted by Gasteiger charge is 2.42. The molecule has 3 aromatic heterocycles. The number of aliphatic hydroxyl groups is 1. The summed E-state index contributed by atoms with van der Waals surface area (Å²) in [7, 11) is 0. The summed E-state index contributed by atoms with van der Waals surface area (Å²) in [6.45, 7) is 4.74. The molecular weight excluding hydrogens is 318 g/mol. The first-order valence-electron chi connectivity index (χ1n) is 8.47. The van der Waals surface area contributed by atoms with E-state index in [4.69, 9.17) is 0 Å². The zero-order valence-corrected chi connectivity index (χ0v) is 14.3. The average Bonchev–Trinajstić information content (AvgIpc) is 3.32. The molecule has 4 heterocycles. The summed E-state index contributed by atoms with van der Waals surface area (Å²) in [5, 5.41) is 19.1. The number of nitrogens with zero attached hydrogens (tertiary/aromatic N) is 5. The third-order valence-electron chi connectivity index (χ3n) is 4.80. The molecule has 3 aromatic rings. The van der Waals surface area contributed by atoms with Gasteiger partial charge in [-0.25, -0.2) is 4.68 Å². The molecule has 1 aliphatic heterocycles. The zero-order chi connectivity index (χ0) is 17.6. The van der Waals surface area contributed by atoms with Gasteiger partial charge < -0.3 is 14.4 Å².